The van der Waals surface area contributed by atoms with Crippen LogP contribution in [0.1, 0.15) is 49.2 Å². The number of nitrogens with zero attached hydrogens (tertiary/aromatic N) is 4. The van der Waals surface area contributed by atoms with Crippen LogP contribution < -0.4 is 0 Å². The molecule has 1 aliphatic carbocycles. The molecule has 2 heterocycles. The van der Waals surface area contributed by atoms with Crippen molar-refractivity contribution in [2.75, 3.05) is 0 Å². The minimum Gasteiger partial charge on any atom is -0.330 e. The van der Waals surface area contributed by atoms with Gasteiger partial charge in [-0.3, -0.25) is 0 Å². The smallest absolute Gasteiger partial charge is 0.0951 e. The van der Waals surface area contributed by atoms with Crippen molar-refractivity contribution in [2.45, 2.75) is 51.6 Å². The van der Waals surface area contributed by atoms with Gasteiger partial charge in [-0.25, -0.2) is 9.97 Å². The van der Waals surface area contributed by atoms with E-state index in [1.807, 2.05) is 25.0 Å². The molecule has 2 aromatic rings. The van der Waals surface area contributed by atoms with Crippen LogP contribution in [-0.2, 0) is 0 Å². The van der Waals surface area contributed by atoms with Crippen molar-refractivity contribution in [3.63, 3.8) is 0 Å². The fraction of sp³-hybridized carbons (Fsp3) is 0.571. The zero-order valence-corrected chi connectivity index (χ0v) is 11.1. The normalized spacial score (nSPS) is 24.3. The maximum absolute atomic E-state index is 4.27. The second-order valence-corrected chi connectivity index (χ2v) is 5.30. The lowest BCUT2D eigenvalue weighted by atomic mass is 9.89. The standard InChI is InChI=1S/C14H20N4/c1-11-7-15-9-17(11)13-5-3-4-6-14(13)18-10-16-8-12(18)2/h7-10,13-14H,3-6H2,1-2H3/t13-,14-/m1/s1. The van der Waals surface area contributed by atoms with Gasteiger partial charge >= 0.3 is 0 Å². The Morgan fingerprint density at radius 1 is 0.889 bits per heavy atom. The molecule has 96 valence electrons. The van der Waals surface area contributed by atoms with Crippen molar-refractivity contribution in [3.8, 4) is 0 Å². The first kappa shape index (κ1) is 11.5. The van der Waals surface area contributed by atoms with E-state index in [0.29, 0.717) is 12.1 Å². The minimum atomic E-state index is 0.522. The number of rotatable bonds is 2. The highest BCUT2D eigenvalue weighted by molar-refractivity contribution is 5.04. The Labute approximate surface area is 108 Å². The first-order valence-corrected chi connectivity index (χ1v) is 6.74. The average Bonchev–Trinajstić information content (AvgIpc) is 2.98. The average molecular weight is 244 g/mol. The van der Waals surface area contributed by atoms with E-state index in [0.717, 1.165) is 0 Å². The van der Waals surface area contributed by atoms with Crippen LogP contribution in [0.4, 0.5) is 0 Å². The van der Waals surface area contributed by atoms with E-state index in [9.17, 15) is 0 Å². The Balaban J connectivity index is 1.96. The molecule has 0 spiro atoms. The van der Waals surface area contributed by atoms with Crippen LogP contribution in [0.5, 0.6) is 0 Å². The highest BCUT2D eigenvalue weighted by atomic mass is 15.2. The van der Waals surface area contributed by atoms with Crippen molar-refractivity contribution in [2.24, 2.45) is 0 Å². The molecule has 0 aliphatic heterocycles. The molecule has 4 heteroatoms. The lowest BCUT2D eigenvalue weighted by Crippen LogP contribution is -2.26. The topological polar surface area (TPSA) is 35.6 Å². The maximum atomic E-state index is 4.27. The molecule has 0 amide bonds. The molecule has 0 unspecified atom stereocenters. The van der Waals surface area contributed by atoms with Gasteiger partial charge in [-0.2, -0.15) is 0 Å². The van der Waals surface area contributed by atoms with Gasteiger partial charge in [0.2, 0.25) is 0 Å². The molecule has 0 N–H and O–H groups in total. The molecular formula is C14H20N4. The highest BCUT2D eigenvalue weighted by Crippen LogP contribution is 2.38. The second-order valence-electron chi connectivity index (χ2n) is 5.30. The molecule has 1 aliphatic rings. The SMILES string of the molecule is Cc1cncn1[C@@H]1CCCC[C@H]1n1cncc1C. The molecule has 2 atom stereocenters. The van der Waals surface area contributed by atoms with Gasteiger partial charge in [0.25, 0.3) is 0 Å². The molecule has 2 aromatic heterocycles. The van der Waals surface area contributed by atoms with Crippen LogP contribution >= 0.6 is 0 Å². The van der Waals surface area contributed by atoms with Crippen LogP contribution in [-0.4, -0.2) is 19.1 Å². The van der Waals surface area contributed by atoms with Crippen LogP contribution in [0.3, 0.4) is 0 Å². The van der Waals surface area contributed by atoms with E-state index in [1.54, 1.807) is 0 Å². The molecule has 3 rings (SSSR count). The van der Waals surface area contributed by atoms with Crippen molar-refractivity contribution in [1.29, 1.82) is 0 Å². The first-order valence-electron chi connectivity index (χ1n) is 6.74. The third-order valence-corrected chi connectivity index (χ3v) is 4.13. The van der Waals surface area contributed by atoms with Gasteiger partial charge in [0.1, 0.15) is 0 Å². The van der Waals surface area contributed by atoms with Gasteiger partial charge in [0.05, 0.1) is 24.7 Å². The molecule has 0 aromatic carbocycles. The van der Waals surface area contributed by atoms with E-state index in [4.69, 9.17) is 0 Å². The van der Waals surface area contributed by atoms with Gasteiger partial charge in [-0.15, -0.1) is 0 Å². The summed E-state index contributed by atoms with van der Waals surface area (Å²) in [4.78, 5) is 8.55. The van der Waals surface area contributed by atoms with Crippen molar-refractivity contribution in [1.82, 2.24) is 19.1 Å². The molecule has 4 nitrogen and oxygen atoms in total. The Morgan fingerprint density at radius 2 is 1.33 bits per heavy atom. The van der Waals surface area contributed by atoms with Crippen LogP contribution in [0.2, 0.25) is 0 Å². The van der Waals surface area contributed by atoms with Crippen LogP contribution in [0, 0.1) is 13.8 Å². The third kappa shape index (κ3) is 1.85. The summed E-state index contributed by atoms with van der Waals surface area (Å²) in [6.07, 6.45) is 13.0. The van der Waals surface area contributed by atoms with E-state index in [-0.39, 0.29) is 0 Å². The van der Waals surface area contributed by atoms with Crippen molar-refractivity contribution < 1.29 is 0 Å². The minimum absolute atomic E-state index is 0.522. The first-order chi connectivity index (χ1) is 8.77. The fourth-order valence-electron chi connectivity index (χ4n) is 3.18. The van der Waals surface area contributed by atoms with E-state index >= 15 is 0 Å². The Morgan fingerprint density at radius 3 is 1.67 bits per heavy atom. The summed E-state index contributed by atoms with van der Waals surface area (Å²) in [5, 5.41) is 0. The Hall–Kier alpha value is -1.58. The Bertz CT molecular complexity index is 477. The maximum Gasteiger partial charge on any atom is 0.0951 e. The molecule has 0 saturated heterocycles. The summed E-state index contributed by atoms with van der Waals surface area (Å²) in [6, 6.07) is 1.04. The van der Waals surface area contributed by atoms with E-state index < -0.39 is 0 Å². The summed E-state index contributed by atoms with van der Waals surface area (Å²) in [7, 11) is 0. The Kier molecular flexibility index (Phi) is 2.94. The van der Waals surface area contributed by atoms with E-state index in [1.165, 1.54) is 37.1 Å². The zero-order valence-electron chi connectivity index (χ0n) is 11.1. The van der Waals surface area contributed by atoms with Gasteiger partial charge in [0, 0.05) is 23.8 Å². The molecule has 0 radical (unpaired) electrons. The molecule has 1 fully saturated rings. The van der Waals surface area contributed by atoms with Gasteiger partial charge in [0.15, 0.2) is 0 Å². The molecule has 18 heavy (non-hydrogen) atoms. The monoisotopic (exact) mass is 244 g/mol. The fourth-order valence-corrected chi connectivity index (χ4v) is 3.18. The summed E-state index contributed by atoms with van der Waals surface area (Å²) >= 11 is 0. The summed E-state index contributed by atoms with van der Waals surface area (Å²) in [5.74, 6) is 0. The number of hydrogen-bond acceptors (Lipinski definition) is 2. The van der Waals surface area contributed by atoms with Gasteiger partial charge in [-0.05, 0) is 26.7 Å². The van der Waals surface area contributed by atoms with E-state index in [2.05, 4.69) is 32.9 Å². The molecular weight excluding hydrogens is 224 g/mol. The predicted octanol–water partition coefficient (Wildman–Crippen LogP) is 3.05. The highest BCUT2D eigenvalue weighted by Gasteiger charge is 2.28. The van der Waals surface area contributed by atoms with Crippen molar-refractivity contribution in [3.05, 3.63) is 36.4 Å². The quantitative estimate of drug-likeness (QED) is 0.814. The number of aromatic nitrogens is 4. The van der Waals surface area contributed by atoms with Crippen LogP contribution in [0.15, 0.2) is 25.0 Å². The van der Waals surface area contributed by atoms with Crippen LogP contribution in [0.25, 0.3) is 0 Å². The van der Waals surface area contributed by atoms with Crippen molar-refractivity contribution >= 4 is 0 Å². The second kappa shape index (κ2) is 4.59. The lowest BCUT2D eigenvalue weighted by Gasteiger charge is -2.34. The van der Waals surface area contributed by atoms with Gasteiger partial charge < -0.3 is 9.13 Å². The lowest BCUT2D eigenvalue weighted by molar-refractivity contribution is 0.235. The van der Waals surface area contributed by atoms with Gasteiger partial charge in [-0.1, -0.05) is 12.8 Å². The number of hydrogen-bond donors (Lipinski definition) is 0. The largest absolute Gasteiger partial charge is 0.330 e. The third-order valence-electron chi connectivity index (χ3n) is 4.13. The summed E-state index contributed by atoms with van der Waals surface area (Å²) in [5.41, 5.74) is 2.51. The predicted molar refractivity (Wildman–Crippen MR) is 70.5 cm³/mol. The molecule has 0 bridgehead atoms. The summed E-state index contributed by atoms with van der Waals surface area (Å²) < 4.78 is 4.67. The zero-order chi connectivity index (χ0) is 12.5. The molecule has 1 saturated carbocycles. The summed E-state index contributed by atoms with van der Waals surface area (Å²) in [6.45, 7) is 4.28. The number of aryl methyl sites for hydroxylation is 2. The number of imidazole rings is 2.